The normalized spacial score (nSPS) is 12.6. The molecule has 0 aliphatic carbocycles. The molecule has 0 radical (unpaired) electrons. The number of hydrogen-bond acceptors (Lipinski definition) is 3. The van der Waals surface area contributed by atoms with Gasteiger partial charge in [-0.15, -0.1) is 0 Å². The van der Waals surface area contributed by atoms with Gasteiger partial charge in [0.1, 0.15) is 0 Å². The Morgan fingerprint density at radius 2 is 1.58 bits per heavy atom. The van der Waals surface area contributed by atoms with Crippen LogP contribution in [-0.2, 0) is 4.79 Å². The van der Waals surface area contributed by atoms with Crippen LogP contribution < -0.4 is 0 Å². The summed E-state index contributed by atoms with van der Waals surface area (Å²) in [5, 5.41) is 9.08. The molecule has 0 spiro atoms. The van der Waals surface area contributed by atoms with Gasteiger partial charge in [0.15, 0.2) is 5.66 Å². The molecule has 0 saturated heterocycles. The standard InChI is InChI=1S/C8H18N2O2/c1-6-8(7(11)12,9(2)3)10(4)5/h6H2,1-5H3,(H,11,12). The highest BCUT2D eigenvalue weighted by atomic mass is 16.4. The number of nitrogens with zero attached hydrogens (tertiary/aromatic N) is 2. The molecule has 0 rings (SSSR count). The minimum absolute atomic E-state index is 0.558. The summed E-state index contributed by atoms with van der Waals surface area (Å²) in [7, 11) is 7.10. The molecule has 0 saturated carbocycles. The van der Waals surface area contributed by atoms with Crippen LogP contribution in [0.3, 0.4) is 0 Å². The Balaban J connectivity index is 4.90. The summed E-state index contributed by atoms with van der Waals surface area (Å²) in [6.07, 6.45) is 0.558. The molecule has 0 aromatic carbocycles. The zero-order valence-electron chi connectivity index (χ0n) is 8.46. The van der Waals surface area contributed by atoms with Gasteiger partial charge in [-0.2, -0.15) is 0 Å². The molecular formula is C8H18N2O2. The molecule has 0 fully saturated rings. The second-order valence-corrected chi connectivity index (χ2v) is 3.26. The Kier molecular flexibility index (Phi) is 3.67. The third-order valence-corrected chi connectivity index (χ3v) is 2.32. The van der Waals surface area contributed by atoms with E-state index < -0.39 is 11.6 Å². The number of likely N-dealkylation sites (N-methyl/N-ethyl adjacent to an activating group) is 2. The van der Waals surface area contributed by atoms with Gasteiger partial charge in [-0.1, -0.05) is 6.92 Å². The molecule has 0 aliphatic heterocycles. The molecule has 1 N–H and O–H groups in total. The third-order valence-electron chi connectivity index (χ3n) is 2.32. The van der Waals surface area contributed by atoms with Gasteiger partial charge in [0.2, 0.25) is 0 Å². The topological polar surface area (TPSA) is 43.8 Å². The smallest absolute Gasteiger partial charge is 0.339 e. The molecule has 0 atom stereocenters. The molecule has 4 nitrogen and oxygen atoms in total. The van der Waals surface area contributed by atoms with E-state index in [4.69, 9.17) is 5.11 Å². The van der Waals surface area contributed by atoms with Crippen LogP contribution in [-0.4, -0.2) is 54.7 Å². The van der Waals surface area contributed by atoms with E-state index in [2.05, 4.69) is 0 Å². The summed E-state index contributed by atoms with van der Waals surface area (Å²) >= 11 is 0. The number of carboxylic acid groups (broad SMARTS) is 1. The molecule has 0 bridgehead atoms. The summed E-state index contributed by atoms with van der Waals surface area (Å²) in [6.45, 7) is 1.87. The third kappa shape index (κ3) is 1.59. The van der Waals surface area contributed by atoms with Crippen molar-refractivity contribution < 1.29 is 9.90 Å². The fourth-order valence-corrected chi connectivity index (χ4v) is 1.57. The first-order valence-electron chi connectivity index (χ1n) is 3.97. The number of aliphatic carboxylic acids is 1. The van der Waals surface area contributed by atoms with E-state index in [1.54, 1.807) is 38.0 Å². The van der Waals surface area contributed by atoms with Crippen LogP contribution in [0.4, 0.5) is 0 Å². The lowest BCUT2D eigenvalue weighted by Gasteiger charge is -2.40. The fourth-order valence-electron chi connectivity index (χ4n) is 1.57. The molecule has 12 heavy (non-hydrogen) atoms. The molecule has 0 aromatic rings. The Labute approximate surface area is 73.8 Å². The molecule has 0 aliphatic rings. The van der Waals surface area contributed by atoms with E-state index in [0.29, 0.717) is 6.42 Å². The minimum atomic E-state index is -0.875. The van der Waals surface area contributed by atoms with Crippen molar-refractivity contribution in [2.45, 2.75) is 19.0 Å². The van der Waals surface area contributed by atoms with E-state index in [0.717, 1.165) is 0 Å². The first kappa shape index (κ1) is 11.4. The first-order valence-corrected chi connectivity index (χ1v) is 3.97. The Bertz CT molecular complexity index is 158. The van der Waals surface area contributed by atoms with Crippen molar-refractivity contribution in [2.75, 3.05) is 28.2 Å². The molecular weight excluding hydrogens is 156 g/mol. The van der Waals surface area contributed by atoms with Gasteiger partial charge in [-0.3, -0.25) is 9.80 Å². The van der Waals surface area contributed by atoms with Crippen molar-refractivity contribution in [2.24, 2.45) is 0 Å². The van der Waals surface area contributed by atoms with Gasteiger partial charge in [-0.05, 0) is 34.6 Å². The van der Waals surface area contributed by atoms with Crippen LogP contribution in [0.5, 0.6) is 0 Å². The Morgan fingerprint density at radius 3 is 1.58 bits per heavy atom. The van der Waals surface area contributed by atoms with E-state index in [-0.39, 0.29) is 0 Å². The van der Waals surface area contributed by atoms with Crippen molar-refractivity contribution in [3.8, 4) is 0 Å². The monoisotopic (exact) mass is 174 g/mol. The number of carboxylic acids is 1. The summed E-state index contributed by atoms with van der Waals surface area (Å²) < 4.78 is 0. The van der Waals surface area contributed by atoms with E-state index in [1.165, 1.54) is 0 Å². The number of carbonyl (C=O) groups is 1. The largest absolute Gasteiger partial charge is 0.479 e. The van der Waals surface area contributed by atoms with Gasteiger partial charge in [0.25, 0.3) is 0 Å². The van der Waals surface area contributed by atoms with E-state index in [9.17, 15) is 4.79 Å². The summed E-state index contributed by atoms with van der Waals surface area (Å²) in [5.74, 6) is -0.806. The highest BCUT2D eigenvalue weighted by Gasteiger charge is 2.41. The van der Waals surface area contributed by atoms with Crippen LogP contribution in [0.25, 0.3) is 0 Å². The van der Waals surface area contributed by atoms with Gasteiger partial charge >= 0.3 is 5.97 Å². The highest BCUT2D eigenvalue weighted by molar-refractivity contribution is 5.78. The molecule has 0 aromatic heterocycles. The number of hydrogen-bond donors (Lipinski definition) is 1. The van der Waals surface area contributed by atoms with Gasteiger partial charge < -0.3 is 5.11 Å². The molecule has 72 valence electrons. The fraction of sp³-hybridized carbons (Fsp3) is 0.875. The highest BCUT2D eigenvalue weighted by Crippen LogP contribution is 2.19. The average Bonchev–Trinajstić information content (AvgIpc) is 1.86. The lowest BCUT2D eigenvalue weighted by atomic mass is 10.1. The maximum absolute atomic E-state index is 11.1. The predicted molar refractivity (Wildman–Crippen MR) is 48.0 cm³/mol. The van der Waals surface area contributed by atoms with Gasteiger partial charge in [0.05, 0.1) is 0 Å². The molecule has 0 amide bonds. The predicted octanol–water partition coefficient (Wildman–Crippen LogP) is 0.301. The van der Waals surface area contributed by atoms with Crippen LogP contribution in [0.2, 0.25) is 0 Å². The van der Waals surface area contributed by atoms with Crippen molar-refractivity contribution >= 4 is 5.97 Å². The molecule has 4 heteroatoms. The molecule has 0 heterocycles. The Hall–Kier alpha value is -0.610. The van der Waals surface area contributed by atoms with Crippen LogP contribution in [0.15, 0.2) is 0 Å². The average molecular weight is 174 g/mol. The lowest BCUT2D eigenvalue weighted by molar-refractivity contribution is -0.161. The Morgan fingerprint density at radius 1 is 1.25 bits per heavy atom. The maximum Gasteiger partial charge on any atom is 0.339 e. The van der Waals surface area contributed by atoms with Crippen molar-refractivity contribution in [1.29, 1.82) is 0 Å². The van der Waals surface area contributed by atoms with Crippen LogP contribution in [0.1, 0.15) is 13.3 Å². The van der Waals surface area contributed by atoms with Gasteiger partial charge in [0, 0.05) is 0 Å². The van der Waals surface area contributed by atoms with E-state index >= 15 is 0 Å². The zero-order valence-corrected chi connectivity index (χ0v) is 8.46. The maximum atomic E-state index is 11.1. The van der Waals surface area contributed by atoms with Gasteiger partial charge in [-0.25, -0.2) is 4.79 Å². The lowest BCUT2D eigenvalue weighted by Crippen LogP contribution is -2.60. The van der Waals surface area contributed by atoms with Crippen LogP contribution in [0, 0.1) is 0 Å². The second kappa shape index (κ2) is 3.87. The SMILES string of the molecule is CCC(C(=O)O)(N(C)C)N(C)C. The minimum Gasteiger partial charge on any atom is -0.479 e. The first-order chi connectivity index (χ1) is 5.39. The second-order valence-electron chi connectivity index (χ2n) is 3.26. The summed E-state index contributed by atoms with van der Waals surface area (Å²) in [5.41, 5.74) is -0.875. The summed E-state index contributed by atoms with van der Waals surface area (Å²) in [6, 6.07) is 0. The summed E-state index contributed by atoms with van der Waals surface area (Å²) in [4.78, 5) is 14.5. The van der Waals surface area contributed by atoms with Crippen molar-refractivity contribution in [3.63, 3.8) is 0 Å². The van der Waals surface area contributed by atoms with Crippen LogP contribution >= 0.6 is 0 Å². The zero-order chi connectivity index (χ0) is 9.94. The van der Waals surface area contributed by atoms with Crippen molar-refractivity contribution in [1.82, 2.24) is 9.80 Å². The van der Waals surface area contributed by atoms with E-state index in [1.807, 2.05) is 6.92 Å². The number of rotatable bonds is 4. The van der Waals surface area contributed by atoms with Crippen molar-refractivity contribution in [3.05, 3.63) is 0 Å². The molecule has 0 unspecified atom stereocenters. The quantitative estimate of drug-likeness (QED) is 0.623.